The van der Waals surface area contributed by atoms with Crippen LogP contribution in [-0.4, -0.2) is 34.8 Å². The number of amides is 2. The van der Waals surface area contributed by atoms with Crippen LogP contribution in [0.3, 0.4) is 0 Å². The molecule has 0 saturated carbocycles. The lowest BCUT2D eigenvalue weighted by Gasteiger charge is -2.15. The van der Waals surface area contributed by atoms with Gasteiger partial charge < -0.3 is 10.2 Å². The molecule has 0 aliphatic carbocycles. The molecule has 0 unspecified atom stereocenters. The second-order valence-corrected chi connectivity index (χ2v) is 6.04. The Morgan fingerprint density at radius 3 is 2.67 bits per heavy atom. The second kappa shape index (κ2) is 7.25. The Hall–Kier alpha value is -2.69. The van der Waals surface area contributed by atoms with Gasteiger partial charge in [0.1, 0.15) is 5.69 Å². The quantitative estimate of drug-likeness (QED) is 0.940. The van der Waals surface area contributed by atoms with Crippen LogP contribution in [0.5, 0.6) is 0 Å². The molecular formula is C19H21N3O2. The molecule has 1 aliphatic heterocycles. The normalized spacial score (nSPS) is 13.8. The van der Waals surface area contributed by atoms with Crippen molar-refractivity contribution in [3.63, 3.8) is 0 Å². The molecule has 1 saturated heterocycles. The maximum Gasteiger partial charge on any atom is 0.270 e. The third-order valence-corrected chi connectivity index (χ3v) is 4.33. The van der Waals surface area contributed by atoms with E-state index in [9.17, 15) is 9.59 Å². The number of hydrogen-bond acceptors (Lipinski definition) is 3. The first-order valence-corrected chi connectivity index (χ1v) is 8.23. The van der Waals surface area contributed by atoms with Crippen LogP contribution in [0, 0.1) is 6.92 Å². The fourth-order valence-electron chi connectivity index (χ4n) is 2.87. The van der Waals surface area contributed by atoms with E-state index in [2.05, 4.69) is 10.3 Å². The average Bonchev–Trinajstić information content (AvgIpc) is 3.15. The van der Waals surface area contributed by atoms with Gasteiger partial charge in [0.05, 0.1) is 0 Å². The van der Waals surface area contributed by atoms with E-state index in [0.717, 1.165) is 37.1 Å². The molecule has 2 amide bonds. The smallest absolute Gasteiger partial charge is 0.270 e. The first kappa shape index (κ1) is 16.2. The third-order valence-electron chi connectivity index (χ3n) is 4.33. The molecule has 1 fully saturated rings. The highest BCUT2D eigenvalue weighted by Crippen LogP contribution is 2.13. The van der Waals surface area contributed by atoms with Gasteiger partial charge in [-0.05, 0) is 43.0 Å². The maximum absolute atomic E-state index is 12.4. The summed E-state index contributed by atoms with van der Waals surface area (Å²) in [5.74, 6) is -0.294. The number of likely N-dealkylation sites (tertiary alicyclic amines) is 1. The predicted octanol–water partition coefficient (Wildman–Crippen LogP) is 2.56. The number of aryl methyl sites for hydroxylation is 1. The van der Waals surface area contributed by atoms with Crippen molar-refractivity contribution in [3.8, 4) is 0 Å². The largest absolute Gasteiger partial charge is 0.347 e. The van der Waals surface area contributed by atoms with Crippen LogP contribution in [-0.2, 0) is 6.54 Å². The third kappa shape index (κ3) is 3.62. The molecule has 0 spiro atoms. The van der Waals surface area contributed by atoms with Gasteiger partial charge in [0.2, 0.25) is 0 Å². The Morgan fingerprint density at radius 1 is 1.17 bits per heavy atom. The number of carbonyl (C=O) groups is 2. The summed E-state index contributed by atoms with van der Waals surface area (Å²) in [5, 5.41) is 2.87. The summed E-state index contributed by atoms with van der Waals surface area (Å²) in [4.78, 5) is 30.7. The van der Waals surface area contributed by atoms with Gasteiger partial charge in [-0.25, -0.2) is 0 Å². The molecular weight excluding hydrogens is 302 g/mol. The Balaban J connectivity index is 1.68. The lowest BCUT2D eigenvalue weighted by atomic mass is 10.1. The molecule has 1 N–H and O–H groups in total. The van der Waals surface area contributed by atoms with Crippen molar-refractivity contribution in [2.45, 2.75) is 26.3 Å². The summed E-state index contributed by atoms with van der Waals surface area (Å²) in [6.45, 7) is 4.03. The predicted molar refractivity (Wildman–Crippen MR) is 91.7 cm³/mol. The minimum Gasteiger partial charge on any atom is -0.347 e. The van der Waals surface area contributed by atoms with E-state index < -0.39 is 0 Å². The highest BCUT2D eigenvalue weighted by atomic mass is 16.2. The number of carbonyl (C=O) groups excluding carboxylic acids is 2. The summed E-state index contributed by atoms with van der Waals surface area (Å²) >= 11 is 0. The van der Waals surface area contributed by atoms with E-state index in [1.807, 2.05) is 36.1 Å². The van der Waals surface area contributed by atoms with E-state index in [4.69, 9.17) is 0 Å². The first-order chi connectivity index (χ1) is 11.6. The Labute approximate surface area is 141 Å². The van der Waals surface area contributed by atoms with Gasteiger partial charge in [0, 0.05) is 31.4 Å². The monoisotopic (exact) mass is 323 g/mol. The minimum atomic E-state index is -0.269. The SMILES string of the molecule is Cc1ccccc1CNC(=O)c1cc(C(=O)N2CCCC2)ccn1. The van der Waals surface area contributed by atoms with Crippen LogP contribution in [0.25, 0.3) is 0 Å². The van der Waals surface area contributed by atoms with E-state index in [0.29, 0.717) is 12.1 Å². The summed E-state index contributed by atoms with van der Waals surface area (Å²) in [5.41, 5.74) is 2.99. The maximum atomic E-state index is 12.4. The molecule has 1 aromatic heterocycles. The molecule has 5 nitrogen and oxygen atoms in total. The molecule has 0 bridgehead atoms. The Kier molecular flexibility index (Phi) is 4.89. The highest BCUT2D eigenvalue weighted by molar-refractivity contribution is 5.98. The summed E-state index contributed by atoms with van der Waals surface area (Å²) in [6, 6.07) is 11.1. The van der Waals surface area contributed by atoms with Gasteiger partial charge in [0.25, 0.3) is 11.8 Å². The number of hydrogen-bond donors (Lipinski definition) is 1. The van der Waals surface area contributed by atoms with E-state index >= 15 is 0 Å². The van der Waals surface area contributed by atoms with Gasteiger partial charge in [-0.2, -0.15) is 0 Å². The average molecular weight is 323 g/mol. The van der Waals surface area contributed by atoms with Crippen LogP contribution in [0.4, 0.5) is 0 Å². The highest BCUT2D eigenvalue weighted by Gasteiger charge is 2.20. The summed E-state index contributed by atoms with van der Waals surface area (Å²) < 4.78 is 0. The van der Waals surface area contributed by atoms with Crippen molar-refractivity contribution in [3.05, 3.63) is 65.0 Å². The molecule has 3 rings (SSSR count). The molecule has 124 valence electrons. The lowest BCUT2D eigenvalue weighted by Crippen LogP contribution is -2.29. The van der Waals surface area contributed by atoms with Gasteiger partial charge in [-0.15, -0.1) is 0 Å². The molecule has 5 heteroatoms. The number of nitrogens with one attached hydrogen (secondary N) is 1. The van der Waals surface area contributed by atoms with Gasteiger partial charge in [-0.1, -0.05) is 24.3 Å². The van der Waals surface area contributed by atoms with Crippen LogP contribution >= 0.6 is 0 Å². The number of aromatic nitrogens is 1. The zero-order valence-corrected chi connectivity index (χ0v) is 13.8. The number of pyridine rings is 1. The van der Waals surface area contributed by atoms with Crippen LogP contribution < -0.4 is 5.32 Å². The van der Waals surface area contributed by atoms with Crippen molar-refractivity contribution in [1.29, 1.82) is 0 Å². The molecule has 0 atom stereocenters. The van der Waals surface area contributed by atoms with Crippen LogP contribution in [0.2, 0.25) is 0 Å². The number of nitrogens with zero attached hydrogens (tertiary/aromatic N) is 2. The molecule has 24 heavy (non-hydrogen) atoms. The van der Waals surface area contributed by atoms with Crippen LogP contribution in [0.1, 0.15) is 44.8 Å². The molecule has 2 aromatic rings. The molecule has 1 aliphatic rings. The molecule has 2 heterocycles. The standard InChI is InChI=1S/C19H21N3O2/c1-14-6-2-3-7-16(14)13-21-18(23)17-12-15(8-9-20-17)19(24)22-10-4-5-11-22/h2-3,6-9,12H,4-5,10-11,13H2,1H3,(H,21,23). The lowest BCUT2D eigenvalue weighted by molar-refractivity contribution is 0.0792. The van der Waals surface area contributed by atoms with E-state index in [-0.39, 0.29) is 17.5 Å². The van der Waals surface area contributed by atoms with Gasteiger partial charge in [-0.3, -0.25) is 14.6 Å². The van der Waals surface area contributed by atoms with Gasteiger partial charge >= 0.3 is 0 Å². The summed E-state index contributed by atoms with van der Waals surface area (Å²) in [6.07, 6.45) is 3.60. The Bertz CT molecular complexity index is 752. The van der Waals surface area contributed by atoms with Crippen molar-refractivity contribution < 1.29 is 9.59 Å². The van der Waals surface area contributed by atoms with E-state index in [1.165, 1.54) is 6.20 Å². The second-order valence-electron chi connectivity index (χ2n) is 6.04. The number of rotatable bonds is 4. The van der Waals surface area contributed by atoms with Crippen molar-refractivity contribution in [1.82, 2.24) is 15.2 Å². The van der Waals surface area contributed by atoms with Gasteiger partial charge in [0.15, 0.2) is 0 Å². The number of benzene rings is 1. The fourth-order valence-corrected chi connectivity index (χ4v) is 2.87. The minimum absolute atomic E-state index is 0.0251. The van der Waals surface area contributed by atoms with Crippen molar-refractivity contribution >= 4 is 11.8 Å². The molecule has 0 radical (unpaired) electrons. The molecule has 1 aromatic carbocycles. The van der Waals surface area contributed by atoms with Crippen molar-refractivity contribution in [2.24, 2.45) is 0 Å². The topological polar surface area (TPSA) is 62.3 Å². The summed E-state index contributed by atoms with van der Waals surface area (Å²) in [7, 11) is 0. The first-order valence-electron chi connectivity index (χ1n) is 8.23. The van der Waals surface area contributed by atoms with Crippen LogP contribution in [0.15, 0.2) is 42.6 Å². The van der Waals surface area contributed by atoms with E-state index in [1.54, 1.807) is 12.1 Å². The Morgan fingerprint density at radius 2 is 1.92 bits per heavy atom. The zero-order valence-electron chi connectivity index (χ0n) is 13.8. The fraction of sp³-hybridized carbons (Fsp3) is 0.316. The zero-order chi connectivity index (χ0) is 16.9. The van der Waals surface area contributed by atoms with Crippen molar-refractivity contribution in [2.75, 3.05) is 13.1 Å².